The number of unbranched alkanes of at least 4 members (excludes halogenated alkanes) is 1. The number of rotatable bonds is 14. The average molecular weight is 469 g/mol. The zero-order valence-corrected chi connectivity index (χ0v) is 19.3. The third-order valence-electron chi connectivity index (χ3n) is 4.48. The Morgan fingerprint density at radius 3 is 2.75 bits per heavy atom. The van der Waals surface area contributed by atoms with Crippen molar-refractivity contribution in [1.82, 2.24) is 10.4 Å². The van der Waals surface area contributed by atoms with E-state index in [-0.39, 0.29) is 18.9 Å². The SMILES string of the molecule is CCCCOC(=O)C(C)NP(=O)(OC[C@@H]1CC[C@H](N/C=C\C(N)=O)O1)Oc1ccccc1. The smallest absolute Gasteiger partial charge is 0.459 e. The van der Waals surface area contributed by atoms with Crippen molar-refractivity contribution in [2.45, 2.75) is 57.9 Å². The molecule has 4 atom stereocenters. The van der Waals surface area contributed by atoms with E-state index < -0.39 is 25.7 Å². The molecule has 1 heterocycles. The Labute approximate surface area is 188 Å². The van der Waals surface area contributed by atoms with Gasteiger partial charge in [0.1, 0.15) is 18.0 Å². The van der Waals surface area contributed by atoms with Gasteiger partial charge in [0, 0.05) is 12.3 Å². The summed E-state index contributed by atoms with van der Waals surface area (Å²) in [6.07, 6.45) is 4.88. The molecule has 1 saturated heterocycles. The van der Waals surface area contributed by atoms with Crippen LogP contribution in [0.4, 0.5) is 0 Å². The number of para-hydroxylation sites is 1. The molecule has 2 unspecified atom stereocenters. The second-order valence-corrected chi connectivity index (χ2v) is 8.99. The summed E-state index contributed by atoms with van der Waals surface area (Å²) in [6, 6.07) is 7.64. The van der Waals surface area contributed by atoms with Gasteiger partial charge in [-0.15, -0.1) is 0 Å². The van der Waals surface area contributed by atoms with Crippen LogP contribution in [0.5, 0.6) is 5.75 Å². The molecule has 32 heavy (non-hydrogen) atoms. The van der Waals surface area contributed by atoms with Gasteiger partial charge in [-0.3, -0.25) is 14.1 Å². The molecular weight excluding hydrogens is 437 g/mol. The van der Waals surface area contributed by atoms with Gasteiger partial charge in [0.2, 0.25) is 5.91 Å². The lowest BCUT2D eigenvalue weighted by Crippen LogP contribution is -2.36. The van der Waals surface area contributed by atoms with Crippen molar-refractivity contribution in [3.63, 3.8) is 0 Å². The zero-order valence-electron chi connectivity index (χ0n) is 18.4. The largest absolute Gasteiger partial charge is 0.465 e. The Bertz CT molecular complexity index is 806. The Kier molecular flexibility index (Phi) is 10.7. The summed E-state index contributed by atoms with van der Waals surface area (Å²) in [5, 5.41) is 5.57. The third kappa shape index (κ3) is 9.40. The van der Waals surface area contributed by atoms with E-state index in [1.165, 1.54) is 19.2 Å². The summed E-state index contributed by atoms with van der Waals surface area (Å²) in [4.78, 5) is 23.0. The molecule has 1 aliphatic heterocycles. The van der Waals surface area contributed by atoms with E-state index >= 15 is 0 Å². The normalized spacial score (nSPS) is 21.1. The zero-order chi connectivity index (χ0) is 23.4. The second kappa shape index (κ2) is 13.2. The van der Waals surface area contributed by atoms with Gasteiger partial charge in [-0.2, -0.15) is 5.09 Å². The van der Waals surface area contributed by atoms with E-state index in [4.69, 9.17) is 24.3 Å². The van der Waals surface area contributed by atoms with Crippen molar-refractivity contribution in [3.05, 3.63) is 42.6 Å². The highest BCUT2D eigenvalue weighted by atomic mass is 31.2. The summed E-state index contributed by atoms with van der Waals surface area (Å²) in [5.74, 6) is -0.775. The minimum absolute atomic E-state index is 0.0214. The number of nitrogens with two attached hydrogens (primary N) is 1. The van der Waals surface area contributed by atoms with E-state index in [9.17, 15) is 14.2 Å². The number of hydrogen-bond acceptors (Lipinski definition) is 8. The lowest BCUT2D eigenvalue weighted by atomic mass is 10.2. The van der Waals surface area contributed by atoms with Crippen LogP contribution in [0.3, 0.4) is 0 Å². The highest BCUT2D eigenvalue weighted by Gasteiger charge is 2.34. The Balaban J connectivity index is 1.95. The van der Waals surface area contributed by atoms with Crippen LogP contribution in [0.15, 0.2) is 42.6 Å². The molecule has 1 aromatic rings. The Hall–Kier alpha value is -2.39. The first-order valence-corrected chi connectivity index (χ1v) is 12.2. The maximum absolute atomic E-state index is 13.4. The van der Waals surface area contributed by atoms with Gasteiger partial charge >= 0.3 is 13.7 Å². The predicted octanol–water partition coefficient (Wildman–Crippen LogP) is 2.61. The van der Waals surface area contributed by atoms with Gasteiger partial charge in [-0.25, -0.2) is 4.57 Å². The van der Waals surface area contributed by atoms with Crippen molar-refractivity contribution >= 4 is 19.6 Å². The molecule has 2 rings (SSSR count). The second-order valence-electron chi connectivity index (χ2n) is 7.30. The first-order chi connectivity index (χ1) is 15.3. The standard InChI is InChI=1S/C21H32N3O7P/c1-3-4-14-28-21(26)16(2)24-32(27,31-17-8-6-5-7-9-17)29-15-18-10-11-20(30-18)23-13-12-19(22)25/h5-9,12-13,16,18,20,23H,3-4,10-11,14-15H2,1-2H3,(H2,22,25)(H,24,27)/b13-12-/t16?,18-,20+,32?/m0/s1. The summed E-state index contributed by atoms with van der Waals surface area (Å²) in [7, 11) is -3.92. The molecule has 0 aromatic heterocycles. The third-order valence-corrected chi connectivity index (χ3v) is 6.13. The van der Waals surface area contributed by atoms with Crippen LogP contribution < -0.4 is 20.7 Å². The summed E-state index contributed by atoms with van der Waals surface area (Å²) in [5.41, 5.74) is 5.05. The van der Waals surface area contributed by atoms with Gasteiger partial charge in [0.25, 0.3) is 0 Å². The first kappa shape index (κ1) is 25.9. The molecule has 0 radical (unpaired) electrons. The first-order valence-electron chi connectivity index (χ1n) is 10.6. The van der Waals surface area contributed by atoms with Crippen molar-refractivity contribution in [3.8, 4) is 5.75 Å². The van der Waals surface area contributed by atoms with E-state index in [1.807, 2.05) is 6.92 Å². The molecule has 0 bridgehead atoms. The molecule has 1 aromatic carbocycles. The topological polar surface area (TPSA) is 138 Å². The number of ether oxygens (including phenoxy) is 2. The molecule has 1 aliphatic rings. The lowest BCUT2D eigenvalue weighted by Gasteiger charge is -2.24. The summed E-state index contributed by atoms with van der Waals surface area (Å²) >= 11 is 0. The number of primary amides is 1. The number of carbonyl (C=O) groups excluding carboxylic acids is 2. The van der Waals surface area contributed by atoms with Crippen molar-refractivity contribution in [1.29, 1.82) is 0 Å². The van der Waals surface area contributed by atoms with Gasteiger partial charge in [-0.05, 0) is 38.3 Å². The fourth-order valence-electron chi connectivity index (χ4n) is 2.81. The lowest BCUT2D eigenvalue weighted by molar-refractivity contribution is -0.145. The number of hydrogen-bond donors (Lipinski definition) is 3. The molecular formula is C21H32N3O7P. The van der Waals surface area contributed by atoms with Gasteiger partial charge in [0.15, 0.2) is 0 Å². The predicted molar refractivity (Wildman–Crippen MR) is 118 cm³/mol. The molecule has 1 fully saturated rings. The van der Waals surface area contributed by atoms with Crippen LogP contribution in [0.25, 0.3) is 0 Å². The number of nitrogens with one attached hydrogen (secondary N) is 2. The van der Waals surface area contributed by atoms with Gasteiger partial charge in [0.05, 0.1) is 19.3 Å². The minimum Gasteiger partial charge on any atom is -0.465 e. The van der Waals surface area contributed by atoms with Crippen molar-refractivity contribution in [2.75, 3.05) is 13.2 Å². The number of esters is 1. The molecule has 11 heteroatoms. The summed E-state index contributed by atoms with van der Waals surface area (Å²) in [6.45, 7) is 3.80. The van der Waals surface area contributed by atoms with Gasteiger partial charge in [-0.1, -0.05) is 31.5 Å². The van der Waals surface area contributed by atoms with E-state index in [0.717, 1.165) is 12.8 Å². The summed E-state index contributed by atoms with van der Waals surface area (Å²) < 4.78 is 35.6. The number of amides is 1. The number of benzene rings is 1. The van der Waals surface area contributed by atoms with Crippen LogP contribution in [0.2, 0.25) is 0 Å². The number of carbonyl (C=O) groups is 2. The van der Waals surface area contributed by atoms with E-state index in [2.05, 4.69) is 10.4 Å². The molecule has 1 amide bonds. The Morgan fingerprint density at radius 2 is 2.06 bits per heavy atom. The van der Waals surface area contributed by atoms with Crippen LogP contribution in [-0.2, 0) is 28.2 Å². The maximum atomic E-state index is 13.4. The average Bonchev–Trinajstić information content (AvgIpc) is 3.20. The maximum Gasteiger partial charge on any atom is 0.459 e. The van der Waals surface area contributed by atoms with Crippen molar-refractivity contribution < 1.29 is 32.7 Å². The van der Waals surface area contributed by atoms with E-state index in [1.54, 1.807) is 30.3 Å². The molecule has 0 aliphatic carbocycles. The van der Waals surface area contributed by atoms with Crippen LogP contribution >= 0.6 is 7.75 Å². The highest BCUT2D eigenvalue weighted by molar-refractivity contribution is 7.52. The quantitative estimate of drug-likeness (QED) is 0.162. The molecule has 178 valence electrons. The molecule has 0 saturated carbocycles. The monoisotopic (exact) mass is 469 g/mol. The minimum atomic E-state index is -3.92. The molecule has 10 nitrogen and oxygen atoms in total. The van der Waals surface area contributed by atoms with Gasteiger partial charge < -0.3 is 25.0 Å². The van der Waals surface area contributed by atoms with Crippen LogP contribution in [-0.4, -0.2) is 43.5 Å². The molecule has 4 N–H and O–H groups in total. The molecule has 0 spiro atoms. The van der Waals surface area contributed by atoms with E-state index in [0.29, 0.717) is 25.2 Å². The Morgan fingerprint density at radius 1 is 1.31 bits per heavy atom. The fourth-order valence-corrected chi connectivity index (χ4v) is 4.33. The fraction of sp³-hybridized carbons (Fsp3) is 0.524. The highest BCUT2D eigenvalue weighted by Crippen LogP contribution is 2.45. The van der Waals surface area contributed by atoms with Crippen LogP contribution in [0, 0.1) is 0 Å². The van der Waals surface area contributed by atoms with Crippen LogP contribution in [0.1, 0.15) is 39.5 Å². The van der Waals surface area contributed by atoms with Crippen molar-refractivity contribution in [2.24, 2.45) is 5.73 Å².